The van der Waals surface area contributed by atoms with Crippen molar-refractivity contribution in [3.8, 4) is 17.2 Å². The van der Waals surface area contributed by atoms with Crippen molar-refractivity contribution in [2.45, 2.75) is 90.3 Å². The van der Waals surface area contributed by atoms with Crippen LogP contribution in [0.5, 0.6) is 0 Å². The van der Waals surface area contributed by atoms with Gasteiger partial charge in [0, 0.05) is 53.7 Å². The lowest BCUT2D eigenvalue weighted by Crippen LogP contribution is -2.41. The van der Waals surface area contributed by atoms with E-state index in [0.29, 0.717) is 82.4 Å². The fourth-order valence-corrected chi connectivity index (χ4v) is 11.3. The second kappa shape index (κ2) is 14.7. The number of hydrogen-bond donors (Lipinski definition) is 1. The Balaban J connectivity index is 1.11. The Bertz CT molecular complexity index is 3180. The molecule has 1 saturated carbocycles. The number of amides is 1. The summed E-state index contributed by atoms with van der Waals surface area (Å²) >= 11 is 0. The zero-order chi connectivity index (χ0) is 45.2. The van der Waals surface area contributed by atoms with Crippen molar-refractivity contribution in [2.75, 3.05) is 26.5 Å². The summed E-state index contributed by atoms with van der Waals surface area (Å²) in [6.07, 6.45) is 6.13. The zero-order valence-corrected chi connectivity index (χ0v) is 38.2. The van der Waals surface area contributed by atoms with Crippen LogP contribution < -0.4 is 16.8 Å². The summed E-state index contributed by atoms with van der Waals surface area (Å²) in [5.74, 6) is -0.104. The number of rotatable bonds is 8. The third-order valence-electron chi connectivity index (χ3n) is 13.9. The quantitative estimate of drug-likeness (QED) is 0.153. The monoisotopic (exact) mass is 886 g/mol. The number of benzene rings is 3. The van der Waals surface area contributed by atoms with E-state index in [2.05, 4.69) is 49.1 Å². The van der Waals surface area contributed by atoms with Crippen molar-refractivity contribution >= 4 is 29.3 Å². The van der Waals surface area contributed by atoms with E-state index in [1.54, 1.807) is 80.7 Å². The number of hydrogen-bond acceptors (Lipinski definition) is 8. The first-order valence-corrected chi connectivity index (χ1v) is 24.5. The Hall–Kier alpha value is -6.05. The molecule has 2 aliphatic heterocycles. The van der Waals surface area contributed by atoms with E-state index in [9.17, 15) is 14.2 Å². The van der Waals surface area contributed by atoms with Gasteiger partial charge in [-0.15, -0.1) is 0 Å². The number of aryl methyl sites for hydroxylation is 2. The second-order valence-corrected chi connectivity index (χ2v) is 22.3. The molecule has 16 heteroatoms. The van der Waals surface area contributed by atoms with E-state index in [1.165, 1.54) is 14.7 Å². The number of carbonyl (C=O) groups excluding carboxylic acids is 1. The van der Waals surface area contributed by atoms with Crippen LogP contribution in [0.2, 0.25) is 0 Å². The van der Waals surface area contributed by atoms with Gasteiger partial charge in [-0.2, -0.15) is 5.10 Å². The molecule has 0 spiro atoms. The number of aromatic amines is 1. The Morgan fingerprint density at radius 2 is 1.64 bits per heavy atom. The Labute approximate surface area is 369 Å². The largest absolute Gasteiger partial charge is 0.438 e. The summed E-state index contributed by atoms with van der Waals surface area (Å²) in [7, 11) is -2.52. The maximum absolute atomic E-state index is 15.5. The molecular formula is C48H52FN8O6P. The number of carbonyl (C=O) groups is 1. The van der Waals surface area contributed by atoms with E-state index >= 15 is 9.18 Å². The molecule has 10 rings (SSSR count). The molecule has 6 heterocycles. The summed E-state index contributed by atoms with van der Waals surface area (Å²) in [4.78, 5) is 47.2. The number of fused-ring (bicyclic) bond motifs is 2. The van der Waals surface area contributed by atoms with Crippen LogP contribution >= 0.6 is 7.14 Å². The average molecular weight is 887 g/mol. The highest BCUT2D eigenvalue weighted by Gasteiger charge is 2.59. The van der Waals surface area contributed by atoms with E-state index in [4.69, 9.17) is 14.4 Å². The molecular weight excluding hydrogens is 835 g/mol. The summed E-state index contributed by atoms with van der Waals surface area (Å²) in [6.45, 7) is 16.1. The summed E-state index contributed by atoms with van der Waals surface area (Å²) in [6, 6.07) is 18.3. The van der Waals surface area contributed by atoms with Gasteiger partial charge < -0.3 is 18.8 Å². The minimum Gasteiger partial charge on any atom is -0.376 e. The first-order valence-electron chi connectivity index (χ1n) is 21.9. The minimum atomic E-state index is -2.52. The van der Waals surface area contributed by atoms with Crippen LogP contribution in [0.15, 0.2) is 87.2 Å². The normalized spacial score (nSPS) is 22.0. The summed E-state index contributed by atoms with van der Waals surface area (Å²) < 4.78 is 45.8. The summed E-state index contributed by atoms with van der Waals surface area (Å²) in [5, 5.41) is 10.9. The predicted molar refractivity (Wildman–Crippen MR) is 242 cm³/mol. The molecule has 1 aliphatic carbocycles. The molecule has 332 valence electrons. The number of halogens is 1. The molecule has 1 saturated heterocycles. The molecule has 1 N–H and O–H groups in total. The van der Waals surface area contributed by atoms with Crippen molar-refractivity contribution in [2.24, 2.45) is 5.92 Å². The molecule has 4 aromatic heterocycles. The van der Waals surface area contributed by atoms with Crippen LogP contribution in [0.3, 0.4) is 0 Å². The highest BCUT2D eigenvalue weighted by molar-refractivity contribution is 7.70. The average Bonchev–Trinajstić information content (AvgIpc) is 3.74. The van der Waals surface area contributed by atoms with Crippen LogP contribution in [0.4, 0.5) is 4.39 Å². The zero-order valence-electron chi connectivity index (χ0n) is 37.3. The van der Waals surface area contributed by atoms with Gasteiger partial charge in [0.15, 0.2) is 5.82 Å². The lowest BCUT2D eigenvalue weighted by molar-refractivity contribution is -0.0592. The molecule has 3 aromatic carbocycles. The predicted octanol–water partition coefficient (Wildman–Crippen LogP) is 7.66. The van der Waals surface area contributed by atoms with Crippen molar-refractivity contribution in [3.63, 3.8) is 0 Å². The van der Waals surface area contributed by atoms with E-state index in [0.717, 1.165) is 23.7 Å². The van der Waals surface area contributed by atoms with Crippen LogP contribution in [-0.4, -0.2) is 76.5 Å². The van der Waals surface area contributed by atoms with Crippen molar-refractivity contribution < 1.29 is 23.0 Å². The van der Waals surface area contributed by atoms with Gasteiger partial charge in [-0.05, 0) is 150 Å². The van der Waals surface area contributed by atoms with Gasteiger partial charge in [0.25, 0.3) is 5.91 Å². The van der Waals surface area contributed by atoms with Gasteiger partial charge in [0.2, 0.25) is 0 Å². The Kier molecular flexibility index (Phi) is 9.66. The fraction of sp³-hybridized carbons (Fsp3) is 0.396. The van der Waals surface area contributed by atoms with Crippen molar-refractivity contribution in [1.82, 2.24) is 38.5 Å². The Morgan fingerprint density at radius 3 is 2.28 bits per heavy atom. The molecule has 4 unspecified atom stereocenters. The first kappa shape index (κ1) is 41.9. The topological polar surface area (TPSA) is 155 Å². The first-order chi connectivity index (χ1) is 30.4. The molecule has 64 heavy (non-hydrogen) atoms. The van der Waals surface area contributed by atoms with Gasteiger partial charge in [0.1, 0.15) is 30.0 Å². The molecule has 3 aliphatic rings. The molecule has 14 nitrogen and oxygen atoms in total. The number of nitrogens with one attached hydrogen (secondary N) is 1. The summed E-state index contributed by atoms with van der Waals surface area (Å²) in [5.41, 5.74) is 4.43. The van der Waals surface area contributed by atoms with Crippen molar-refractivity contribution in [3.05, 3.63) is 139 Å². The van der Waals surface area contributed by atoms with Crippen LogP contribution in [0, 0.1) is 25.6 Å². The van der Waals surface area contributed by atoms with E-state index in [-0.39, 0.29) is 34.9 Å². The molecule has 1 amide bonds. The third kappa shape index (κ3) is 6.69. The number of imidazole rings is 1. The van der Waals surface area contributed by atoms with Gasteiger partial charge in [-0.25, -0.2) is 18.7 Å². The van der Waals surface area contributed by atoms with Crippen LogP contribution in [-0.2, 0) is 21.3 Å². The number of H-pyrrole nitrogens is 1. The molecule has 2 fully saturated rings. The molecule has 7 aromatic rings. The molecule has 0 radical (unpaired) electrons. The second-order valence-electron chi connectivity index (χ2n) is 19.1. The van der Waals surface area contributed by atoms with Gasteiger partial charge in [-0.3, -0.25) is 23.4 Å². The van der Waals surface area contributed by atoms with Gasteiger partial charge >= 0.3 is 11.4 Å². The van der Waals surface area contributed by atoms with E-state index in [1.807, 2.05) is 22.5 Å². The van der Waals surface area contributed by atoms with Gasteiger partial charge in [-0.1, -0.05) is 18.1 Å². The number of aromatic nitrogens is 7. The van der Waals surface area contributed by atoms with Crippen molar-refractivity contribution in [1.29, 1.82) is 0 Å². The van der Waals surface area contributed by atoms with Crippen LogP contribution in [0.1, 0.15) is 103 Å². The van der Waals surface area contributed by atoms with Gasteiger partial charge in [0.05, 0.1) is 28.7 Å². The lowest BCUT2D eigenvalue weighted by atomic mass is 9.83. The number of ether oxygens (including phenoxy) is 1. The maximum atomic E-state index is 15.5. The SMILES string of the molecule is Cc1cc(-n2nc3c(c2-n2ccn(-c4ccc(P(C)(C)=O)cc4)c2=O)C(C)N(C(=O)c2cc4cc(C5CCOC(C)(C)C5)ccc4n2C2(c4noc(=O)[nH]4)CC2C)CC3)cc(C)c1F. The highest BCUT2D eigenvalue weighted by atomic mass is 31.2. The maximum Gasteiger partial charge on any atom is 0.438 e. The van der Waals surface area contributed by atoms with Crippen LogP contribution in [0.25, 0.3) is 28.1 Å². The molecule has 4 atom stereocenters. The lowest BCUT2D eigenvalue weighted by Gasteiger charge is -2.35. The minimum absolute atomic E-state index is 0.0183. The third-order valence-corrected chi connectivity index (χ3v) is 15.4. The fourth-order valence-electron chi connectivity index (χ4n) is 10.4. The number of nitrogens with zero attached hydrogens (tertiary/aromatic N) is 7. The molecule has 0 bridgehead atoms. The Morgan fingerprint density at radius 1 is 0.938 bits per heavy atom. The highest BCUT2D eigenvalue weighted by Crippen LogP contribution is 2.56. The standard InChI is InChI=1S/C48H52FN8O6P/c1-27-21-35(22-28(2)41(27)49)57-42(55-19-18-54(46(55)60)34-10-12-36(13-11-34)64(7,8)61)40-30(4)53(17-15-37(40)51-57)43(58)39-24-33-23-31(32-16-20-62-47(5,6)26-32)9-14-38(33)56(39)48(25-29(48)3)44-50-45(59)63-52-44/h9-14,18-19,21-24,29-30,32H,15-17,20,25-26H2,1-8H3,(H,50,52,59). The smallest absolute Gasteiger partial charge is 0.376 e. The van der Waals surface area contributed by atoms with E-state index < -0.39 is 24.5 Å².